The Morgan fingerprint density at radius 2 is 1.48 bits per heavy atom. The van der Waals surface area contributed by atoms with Gasteiger partial charge in [-0.05, 0) is 63.2 Å². The molecule has 6 heteroatoms. The van der Waals surface area contributed by atoms with Crippen LogP contribution in [0.4, 0.5) is 11.6 Å². The summed E-state index contributed by atoms with van der Waals surface area (Å²) in [6.07, 6.45) is 0. The number of fused-ring (bicyclic) bond motifs is 1. The summed E-state index contributed by atoms with van der Waals surface area (Å²) < 4.78 is 5.58. The van der Waals surface area contributed by atoms with Gasteiger partial charge in [-0.15, -0.1) is 0 Å². The van der Waals surface area contributed by atoms with Gasteiger partial charge in [-0.1, -0.05) is 18.2 Å². The summed E-state index contributed by atoms with van der Waals surface area (Å²) in [6.45, 7) is 5.71. The molecule has 0 amide bonds. The molecule has 0 aliphatic heterocycles. The summed E-state index contributed by atoms with van der Waals surface area (Å²) in [7, 11) is 0. The fourth-order valence-corrected chi connectivity index (χ4v) is 3.16. The van der Waals surface area contributed by atoms with E-state index in [-0.39, 0.29) is 0 Å². The zero-order chi connectivity index (χ0) is 20.4. The number of hydrogen-bond acceptors (Lipinski definition) is 6. The average molecular weight is 384 g/mol. The van der Waals surface area contributed by atoms with Crippen molar-refractivity contribution in [1.29, 1.82) is 0 Å². The first-order valence-electron chi connectivity index (χ1n) is 9.26. The highest BCUT2D eigenvalue weighted by atomic mass is 16.5. The number of esters is 1. The average Bonchev–Trinajstić information content (AvgIpc) is 2.68. The van der Waals surface area contributed by atoms with Crippen LogP contribution >= 0.6 is 0 Å². The Balaban J connectivity index is 1.52. The number of carbonyl (C=O) groups excluding carboxylic acids is 1. The number of nitrogens with zero attached hydrogens (tertiary/aromatic N) is 3. The number of benzene rings is 2. The number of anilines is 2. The third kappa shape index (κ3) is 4.21. The Kier molecular flexibility index (Phi) is 4.91. The third-order valence-corrected chi connectivity index (χ3v) is 4.37. The van der Waals surface area contributed by atoms with Gasteiger partial charge >= 0.3 is 5.97 Å². The van der Waals surface area contributed by atoms with Gasteiger partial charge in [0.05, 0.1) is 11.1 Å². The normalized spacial score (nSPS) is 10.7. The predicted molar refractivity (Wildman–Crippen MR) is 113 cm³/mol. The first-order valence-corrected chi connectivity index (χ1v) is 9.26. The SMILES string of the molecule is Cc1cc(C)nc(Nc2ccc(OC(=O)c3cc(C)nc4ccccc34)cc2)n1. The molecular weight excluding hydrogens is 364 g/mol. The first-order chi connectivity index (χ1) is 14.0. The lowest BCUT2D eigenvalue weighted by Crippen LogP contribution is -2.10. The van der Waals surface area contributed by atoms with Crippen LogP contribution < -0.4 is 10.1 Å². The Bertz CT molecular complexity index is 1180. The maximum Gasteiger partial charge on any atom is 0.344 e. The van der Waals surface area contributed by atoms with Crippen LogP contribution in [-0.2, 0) is 0 Å². The molecule has 144 valence electrons. The molecule has 29 heavy (non-hydrogen) atoms. The summed E-state index contributed by atoms with van der Waals surface area (Å²) in [6, 6.07) is 18.3. The predicted octanol–water partition coefficient (Wildman–Crippen LogP) is 4.91. The Labute approximate surface area is 168 Å². The summed E-state index contributed by atoms with van der Waals surface area (Å²) in [5.41, 5.74) is 4.63. The number of ether oxygens (including phenoxy) is 1. The fourth-order valence-electron chi connectivity index (χ4n) is 3.16. The van der Waals surface area contributed by atoms with Gasteiger partial charge in [0.25, 0.3) is 0 Å². The minimum absolute atomic E-state index is 0.412. The molecule has 0 saturated heterocycles. The highest BCUT2D eigenvalue weighted by Gasteiger charge is 2.14. The number of rotatable bonds is 4. The monoisotopic (exact) mass is 384 g/mol. The van der Waals surface area contributed by atoms with E-state index in [1.54, 1.807) is 18.2 Å². The number of hydrogen-bond donors (Lipinski definition) is 1. The molecule has 0 aliphatic rings. The van der Waals surface area contributed by atoms with Crippen molar-refractivity contribution in [2.75, 3.05) is 5.32 Å². The van der Waals surface area contributed by atoms with Crippen molar-refractivity contribution in [2.24, 2.45) is 0 Å². The number of pyridine rings is 1. The van der Waals surface area contributed by atoms with Gasteiger partial charge < -0.3 is 10.1 Å². The quantitative estimate of drug-likeness (QED) is 0.398. The largest absolute Gasteiger partial charge is 0.423 e. The van der Waals surface area contributed by atoms with E-state index in [0.717, 1.165) is 33.7 Å². The summed E-state index contributed by atoms with van der Waals surface area (Å²) in [5, 5.41) is 3.93. The van der Waals surface area contributed by atoms with E-state index in [0.29, 0.717) is 17.3 Å². The molecule has 4 rings (SSSR count). The lowest BCUT2D eigenvalue weighted by atomic mass is 10.1. The molecule has 0 saturated carbocycles. The minimum Gasteiger partial charge on any atom is -0.423 e. The summed E-state index contributed by atoms with van der Waals surface area (Å²) in [5.74, 6) is 0.580. The van der Waals surface area contributed by atoms with Crippen LogP contribution in [0.25, 0.3) is 10.9 Å². The number of aromatic nitrogens is 3. The molecule has 0 atom stereocenters. The van der Waals surface area contributed by atoms with Crippen LogP contribution in [0.1, 0.15) is 27.4 Å². The van der Waals surface area contributed by atoms with Crippen molar-refractivity contribution in [2.45, 2.75) is 20.8 Å². The molecule has 0 bridgehead atoms. The van der Waals surface area contributed by atoms with Crippen LogP contribution in [-0.4, -0.2) is 20.9 Å². The van der Waals surface area contributed by atoms with E-state index in [9.17, 15) is 4.79 Å². The molecule has 0 radical (unpaired) electrons. The molecule has 4 aromatic rings. The van der Waals surface area contributed by atoms with Gasteiger partial charge in [0, 0.05) is 28.2 Å². The lowest BCUT2D eigenvalue weighted by Gasteiger charge is -2.10. The van der Waals surface area contributed by atoms with Gasteiger partial charge in [0.2, 0.25) is 5.95 Å². The highest BCUT2D eigenvalue weighted by molar-refractivity contribution is 6.04. The maximum absolute atomic E-state index is 12.7. The van der Waals surface area contributed by atoms with Crippen molar-refractivity contribution in [1.82, 2.24) is 15.0 Å². The van der Waals surface area contributed by atoms with Crippen molar-refractivity contribution >= 4 is 28.5 Å². The topological polar surface area (TPSA) is 77.0 Å². The van der Waals surface area contributed by atoms with Crippen molar-refractivity contribution < 1.29 is 9.53 Å². The zero-order valence-corrected chi connectivity index (χ0v) is 16.4. The molecule has 2 aromatic heterocycles. The zero-order valence-electron chi connectivity index (χ0n) is 16.4. The number of para-hydroxylation sites is 1. The third-order valence-electron chi connectivity index (χ3n) is 4.37. The van der Waals surface area contributed by atoms with Gasteiger partial charge in [0.15, 0.2) is 0 Å². The summed E-state index contributed by atoms with van der Waals surface area (Å²) in [4.78, 5) is 25.9. The van der Waals surface area contributed by atoms with Crippen LogP contribution in [0.5, 0.6) is 5.75 Å². The molecule has 6 nitrogen and oxygen atoms in total. The second kappa shape index (κ2) is 7.67. The molecule has 1 N–H and O–H groups in total. The Morgan fingerprint density at radius 1 is 0.828 bits per heavy atom. The van der Waals surface area contributed by atoms with E-state index >= 15 is 0 Å². The Hall–Kier alpha value is -3.80. The van der Waals surface area contributed by atoms with Gasteiger partial charge in [-0.2, -0.15) is 0 Å². The second-order valence-corrected chi connectivity index (χ2v) is 6.84. The van der Waals surface area contributed by atoms with Gasteiger partial charge in [-0.3, -0.25) is 4.98 Å². The van der Waals surface area contributed by atoms with E-state index in [1.807, 2.05) is 63.2 Å². The van der Waals surface area contributed by atoms with Crippen LogP contribution in [0, 0.1) is 20.8 Å². The van der Waals surface area contributed by atoms with Crippen LogP contribution in [0.3, 0.4) is 0 Å². The standard InChI is InChI=1S/C23H20N4O2/c1-14-12-15(2)26-23(25-14)27-17-8-10-18(11-9-17)29-22(28)20-13-16(3)24-21-7-5-4-6-19(20)21/h4-13H,1-3H3,(H,25,26,27). The molecular formula is C23H20N4O2. The second-order valence-electron chi connectivity index (χ2n) is 6.84. The van der Waals surface area contributed by atoms with Gasteiger partial charge in [-0.25, -0.2) is 14.8 Å². The fraction of sp³-hybridized carbons (Fsp3) is 0.130. The van der Waals surface area contributed by atoms with Crippen molar-refractivity contribution in [3.63, 3.8) is 0 Å². The van der Waals surface area contributed by atoms with Crippen LogP contribution in [0.15, 0.2) is 60.7 Å². The maximum atomic E-state index is 12.7. The number of carbonyl (C=O) groups is 1. The van der Waals surface area contributed by atoms with Gasteiger partial charge in [0.1, 0.15) is 5.75 Å². The first kappa shape index (κ1) is 18.6. The van der Waals surface area contributed by atoms with E-state index in [2.05, 4.69) is 20.3 Å². The van der Waals surface area contributed by atoms with Crippen molar-refractivity contribution in [3.05, 3.63) is 83.3 Å². The van der Waals surface area contributed by atoms with Crippen LogP contribution in [0.2, 0.25) is 0 Å². The number of aryl methyl sites for hydroxylation is 3. The molecule has 0 unspecified atom stereocenters. The highest BCUT2D eigenvalue weighted by Crippen LogP contribution is 2.22. The molecule has 0 aliphatic carbocycles. The lowest BCUT2D eigenvalue weighted by molar-refractivity contribution is 0.0736. The number of nitrogens with one attached hydrogen (secondary N) is 1. The molecule has 0 spiro atoms. The smallest absolute Gasteiger partial charge is 0.344 e. The molecule has 2 heterocycles. The van der Waals surface area contributed by atoms with Crippen molar-refractivity contribution in [3.8, 4) is 5.75 Å². The Morgan fingerprint density at radius 3 is 2.21 bits per heavy atom. The van der Waals surface area contributed by atoms with E-state index < -0.39 is 5.97 Å². The minimum atomic E-state index is -0.412. The van der Waals surface area contributed by atoms with E-state index in [1.165, 1.54) is 0 Å². The molecule has 2 aromatic carbocycles. The molecule has 0 fully saturated rings. The van der Waals surface area contributed by atoms with E-state index in [4.69, 9.17) is 4.74 Å². The summed E-state index contributed by atoms with van der Waals surface area (Å²) >= 11 is 0.